The maximum absolute atomic E-state index is 13.4. The van der Waals surface area contributed by atoms with Crippen LogP contribution in [-0.4, -0.2) is 4.92 Å². The minimum atomic E-state index is -0.861. The van der Waals surface area contributed by atoms with Crippen LogP contribution in [0, 0.1) is 21.7 Å². The molecule has 2 aromatic rings. The minimum Gasteiger partial charge on any atom is -0.404 e. The van der Waals surface area contributed by atoms with E-state index >= 15 is 0 Å². The molecule has 1 atom stereocenters. The molecule has 0 bridgehead atoms. The van der Waals surface area contributed by atoms with Crippen molar-refractivity contribution in [3.63, 3.8) is 0 Å². The van der Waals surface area contributed by atoms with Crippen molar-refractivity contribution in [1.29, 1.82) is 0 Å². The Kier molecular flexibility index (Phi) is 3.57. The van der Waals surface area contributed by atoms with Crippen LogP contribution in [0.15, 0.2) is 34.7 Å². The molecule has 19 heavy (non-hydrogen) atoms. The predicted octanol–water partition coefficient (Wildman–Crippen LogP) is 2.71. The van der Waals surface area contributed by atoms with Gasteiger partial charge in [-0.2, -0.15) is 0 Å². The van der Waals surface area contributed by atoms with Gasteiger partial charge in [-0.25, -0.2) is 8.78 Å². The molecule has 0 fully saturated rings. The highest BCUT2D eigenvalue weighted by Gasteiger charge is 2.20. The van der Waals surface area contributed by atoms with Gasteiger partial charge in [0.05, 0.1) is 12.1 Å². The van der Waals surface area contributed by atoms with E-state index in [4.69, 9.17) is 10.2 Å². The highest BCUT2D eigenvalue weighted by molar-refractivity contribution is 5.24. The molecule has 0 radical (unpaired) electrons. The fourth-order valence-corrected chi connectivity index (χ4v) is 1.69. The number of benzene rings is 1. The Bertz CT molecular complexity index is 593. The highest BCUT2D eigenvalue weighted by atomic mass is 19.1. The van der Waals surface area contributed by atoms with Gasteiger partial charge in [0.1, 0.15) is 22.3 Å². The van der Waals surface area contributed by atoms with Gasteiger partial charge >= 0.3 is 5.88 Å². The van der Waals surface area contributed by atoms with E-state index in [9.17, 15) is 18.9 Å². The fraction of sp³-hybridized carbons (Fsp3) is 0.167. The quantitative estimate of drug-likeness (QED) is 0.682. The third-order valence-corrected chi connectivity index (χ3v) is 2.64. The molecule has 7 heteroatoms. The fourth-order valence-electron chi connectivity index (χ4n) is 1.69. The maximum atomic E-state index is 13.4. The third kappa shape index (κ3) is 2.76. The zero-order valence-corrected chi connectivity index (χ0v) is 9.68. The van der Waals surface area contributed by atoms with Gasteiger partial charge in [-0.15, -0.1) is 0 Å². The van der Waals surface area contributed by atoms with Gasteiger partial charge < -0.3 is 10.2 Å². The van der Waals surface area contributed by atoms with Crippen LogP contribution >= 0.6 is 0 Å². The summed E-state index contributed by atoms with van der Waals surface area (Å²) in [6.45, 7) is 0. The SMILES string of the molecule is NC(Cc1c(F)cccc1F)c1ccc([N+](=O)[O-])o1. The topological polar surface area (TPSA) is 82.3 Å². The van der Waals surface area contributed by atoms with Crippen LogP contribution in [0.3, 0.4) is 0 Å². The monoisotopic (exact) mass is 268 g/mol. The number of hydrogen-bond donors (Lipinski definition) is 1. The lowest BCUT2D eigenvalue weighted by Gasteiger charge is -2.10. The van der Waals surface area contributed by atoms with E-state index in [1.807, 2.05) is 0 Å². The first-order chi connectivity index (χ1) is 8.99. The smallest absolute Gasteiger partial charge is 0.404 e. The number of hydrogen-bond acceptors (Lipinski definition) is 4. The lowest BCUT2D eigenvalue weighted by Crippen LogP contribution is -2.14. The van der Waals surface area contributed by atoms with E-state index in [0.717, 1.165) is 18.2 Å². The van der Waals surface area contributed by atoms with E-state index in [1.54, 1.807) is 0 Å². The summed E-state index contributed by atoms with van der Waals surface area (Å²) >= 11 is 0. The van der Waals surface area contributed by atoms with Gasteiger partial charge in [-0.3, -0.25) is 10.1 Å². The van der Waals surface area contributed by atoms with Gasteiger partial charge in [0.2, 0.25) is 0 Å². The Morgan fingerprint density at radius 1 is 1.26 bits per heavy atom. The number of halogens is 2. The van der Waals surface area contributed by atoms with E-state index in [1.165, 1.54) is 12.1 Å². The maximum Gasteiger partial charge on any atom is 0.433 e. The van der Waals surface area contributed by atoms with E-state index in [0.29, 0.717) is 0 Å². The second-order valence-corrected chi connectivity index (χ2v) is 3.94. The first-order valence-corrected chi connectivity index (χ1v) is 5.41. The number of nitrogens with two attached hydrogens (primary N) is 1. The Labute approximate surface area is 106 Å². The second kappa shape index (κ2) is 5.15. The molecule has 1 heterocycles. The van der Waals surface area contributed by atoms with Crippen molar-refractivity contribution >= 4 is 5.88 Å². The molecule has 0 aliphatic carbocycles. The standard InChI is InChI=1S/C12H10F2N2O3/c13-8-2-1-3-9(14)7(8)6-10(15)11-4-5-12(19-11)16(17)18/h1-5,10H,6,15H2. The summed E-state index contributed by atoms with van der Waals surface area (Å²) in [4.78, 5) is 9.75. The molecule has 0 aliphatic rings. The molecule has 0 saturated carbocycles. The summed E-state index contributed by atoms with van der Waals surface area (Å²) in [5.74, 6) is -1.78. The van der Waals surface area contributed by atoms with Gasteiger partial charge in [-0.05, 0) is 18.2 Å². The summed E-state index contributed by atoms with van der Waals surface area (Å²) in [6.07, 6.45) is -0.150. The van der Waals surface area contributed by atoms with Gasteiger partial charge in [0.15, 0.2) is 0 Å². The Hall–Kier alpha value is -2.28. The highest BCUT2D eigenvalue weighted by Crippen LogP contribution is 2.24. The predicted molar refractivity (Wildman–Crippen MR) is 62.4 cm³/mol. The summed E-state index contributed by atoms with van der Waals surface area (Å²) in [7, 11) is 0. The van der Waals surface area contributed by atoms with Crippen molar-refractivity contribution in [3.8, 4) is 0 Å². The zero-order chi connectivity index (χ0) is 14.0. The summed E-state index contributed by atoms with van der Waals surface area (Å²) in [6, 6.07) is 5.09. The van der Waals surface area contributed by atoms with Crippen LogP contribution in [0.2, 0.25) is 0 Å². The van der Waals surface area contributed by atoms with Crippen molar-refractivity contribution in [2.24, 2.45) is 5.73 Å². The molecule has 1 aromatic heterocycles. The molecule has 0 saturated heterocycles. The van der Waals surface area contributed by atoms with Crippen LogP contribution in [0.5, 0.6) is 0 Å². The van der Waals surface area contributed by atoms with Crippen LogP contribution in [0.4, 0.5) is 14.7 Å². The van der Waals surface area contributed by atoms with Gasteiger partial charge in [0.25, 0.3) is 0 Å². The molecular formula is C12H10F2N2O3. The minimum absolute atomic E-state index is 0.106. The molecule has 0 aliphatic heterocycles. The number of furan rings is 1. The molecule has 2 N–H and O–H groups in total. The molecule has 1 aromatic carbocycles. The van der Waals surface area contributed by atoms with Crippen molar-refractivity contribution in [1.82, 2.24) is 0 Å². The average Bonchev–Trinajstić information content (AvgIpc) is 2.83. The van der Waals surface area contributed by atoms with Crippen molar-refractivity contribution in [3.05, 3.63) is 63.4 Å². The normalized spacial score (nSPS) is 12.4. The number of rotatable bonds is 4. The number of nitro groups is 1. The van der Waals surface area contributed by atoms with E-state index in [2.05, 4.69) is 0 Å². The van der Waals surface area contributed by atoms with Crippen LogP contribution in [0.1, 0.15) is 17.4 Å². The van der Waals surface area contributed by atoms with Crippen molar-refractivity contribution in [2.45, 2.75) is 12.5 Å². The molecule has 1 unspecified atom stereocenters. The largest absolute Gasteiger partial charge is 0.433 e. The molecule has 5 nitrogen and oxygen atoms in total. The first kappa shape index (κ1) is 13.2. The Balaban J connectivity index is 2.20. The van der Waals surface area contributed by atoms with Gasteiger partial charge in [0, 0.05) is 12.0 Å². The second-order valence-electron chi connectivity index (χ2n) is 3.94. The lowest BCUT2D eigenvalue weighted by atomic mass is 10.0. The van der Waals surface area contributed by atoms with Gasteiger partial charge in [-0.1, -0.05) is 6.07 Å². The third-order valence-electron chi connectivity index (χ3n) is 2.64. The van der Waals surface area contributed by atoms with Crippen LogP contribution in [0.25, 0.3) is 0 Å². The van der Waals surface area contributed by atoms with E-state index in [-0.39, 0.29) is 17.7 Å². The summed E-state index contributed by atoms with van der Waals surface area (Å²) in [5.41, 5.74) is 5.56. The molecule has 0 amide bonds. The van der Waals surface area contributed by atoms with Crippen molar-refractivity contribution < 1.29 is 18.1 Å². The summed E-state index contributed by atoms with van der Waals surface area (Å²) < 4.78 is 31.7. The average molecular weight is 268 g/mol. The zero-order valence-electron chi connectivity index (χ0n) is 9.68. The Morgan fingerprint density at radius 2 is 1.89 bits per heavy atom. The Morgan fingerprint density at radius 3 is 2.42 bits per heavy atom. The van der Waals surface area contributed by atoms with E-state index < -0.39 is 28.5 Å². The molecule has 2 rings (SSSR count). The lowest BCUT2D eigenvalue weighted by molar-refractivity contribution is -0.402. The molecule has 100 valence electrons. The molecule has 0 spiro atoms. The van der Waals surface area contributed by atoms with Crippen LogP contribution in [-0.2, 0) is 6.42 Å². The van der Waals surface area contributed by atoms with Crippen LogP contribution < -0.4 is 5.73 Å². The van der Waals surface area contributed by atoms with Crippen molar-refractivity contribution in [2.75, 3.05) is 0 Å². The number of nitrogens with zero attached hydrogens (tertiary/aromatic N) is 1. The summed E-state index contributed by atoms with van der Waals surface area (Å²) in [5, 5.41) is 10.5. The first-order valence-electron chi connectivity index (χ1n) is 5.41. The molecular weight excluding hydrogens is 258 g/mol.